The van der Waals surface area contributed by atoms with Gasteiger partial charge in [-0.25, -0.2) is 14.6 Å². The van der Waals surface area contributed by atoms with E-state index in [0.717, 1.165) is 12.8 Å². The van der Waals surface area contributed by atoms with Crippen LogP contribution in [0.1, 0.15) is 44.9 Å². The smallest absolute Gasteiger partial charge is 0.254 e. The molecule has 0 aromatic rings. The van der Waals surface area contributed by atoms with Crippen molar-refractivity contribution in [1.29, 1.82) is 0 Å². The largest absolute Gasteiger partial charge is 0.294 e. The van der Waals surface area contributed by atoms with Crippen LogP contribution >= 0.6 is 12.6 Å². The number of hydrazine groups is 1. The molecule has 0 aliphatic heterocycles. The van der Waals surface area contributed by atoms with Gasteiger partial charge >= 0.3 is 0 Å². The van der Waals surface area contributed by atoms with Crippen LogP contribution in [0.25, 0.3) is 0 Å². The third-order valence-electron chi connectivity index (χ3n) is 4.70. The van der Waals surface area contributed by atoms with E-state index in [9.17, 15) is 13.6 Å². The number of carbonyl (C=O) groups is 1. The highest BCUT2D eigenvalue weighted by Crippen LogP contribution is 2.49. The average Bonchev–Trinajstić information content (AvgIpc) is 2.92. The van der Waals surface area contributed by atoms with Crippen LogP contribution in [-0.4, -0.2) is 17.1 Å². The summed E-state index contributed by atoms with van der Waals surface area (Å²) in [5, 5.41) is 0.0120. The molecule has 0 heterocycles. The van der Waals surface area contributed by atoms with Crippen LogP contribution < -0.4 is 11.3 Å². The first-order chi connectivity index (χ1) is 8.96. The monoisotopic (exact) mass is 292 g/mol. The second-order valence-corrected chi connectivity index (χ2v) is 6.57. The molecule has 110 valence electrons. The lowest BCUT2D eigenvalue weighted by Crippen LogP contribution is -2.49. The summed E-state index contributed by atoms with van der Waals surface area (Å²) in [6.45, 7) is 0. The lowest BCUT2D eigenvalue weighted by atomic mass is 9.71. The Labute approximate surface area is 118 Å². The number of nitrogens with one attached hydrogen (secondary N) is 1. The molecule has 3 nitrogen and oxygen atoms in total. The van der Waals surface area contributed by atoms with Crippen molar-refractivity contribution < 1.29 is 13.6 Å². The SMILES string of the molecule is NNC(=O)C1CC(S)CCC1C(F)(F)C1CCCC1. The Kier molecular flexibility index (Phi) is 4.71. The van der Waals surface area contributed by atoms with Crippen LogP contribution in [-0.2, 0) is 4.79 Å². The minimum Gasteiger partial charge on any atom is -0.294 e. The van der Waals surface area contributed by atoms with Gasteiger partial charge in [-0.3, -0.25) is 10.2 Å². The topological polar surface area (TPSA) is 55.1 Å². The molecular formula is C13H22F2N2OS. The number of halogens is 2. The van der Waals surface area contributed by atoms with Gasteiger partial charge in [-0.05, 0) is 32.1 Å². The molecule has 2 fully saturated rings. The Morgan fingerprint density at radius 3 is 2.42 bits per heavy atom. The maximum atomic E-state index is 14.6. The van der Waals surface area contributed by atoms with Crippen LogP contribution in [0.2, 0.25) is 0 Å². The molecule has 1 amide bonds. The highest BCUT2D eigenvalue weighted by atomic mass is 32.1. The minimum atomic E-state index is -2.76. The summed E-state index contributed by atoms with van der Waals surface area (Å²) in [4.78, 5) is 11.8. The first-order valence-electron chi connectivity index (χ1n) is 7.03. The number of hydrogen-bond acceptors (Lipinski definition) is 3. The Balaban J connectivity index is 2.16. The fraction of sp³-hybridized carbons (Fsp3) is 0.923. The number of thiol groups is 1. The van der Waals surface area contributed by atoms with E-state index in [2.05, 4.69) is 12.6 Å². The summed E-state index contributed by atoms with van der Waals surface area (Å²) >= 11 is 4.33. The fourth-order valence-corrected chi connectivity index (χ4v) is 4.00. The molecule has 0 saturated heterocycles. The van der Waals surface area contributed by atoms with Crippen molar-refractivity contribution in [3.63, 3.8) is 0 Å². The molecule has 0 spiro atoms. The van der Waals surface area contributed by atoms with E-state index >= 15 is 0 Å². The number of rotatable bonds is 3. The van der Waals surface area contributed by atoms with Gasteiger partial charge in [0.25, 0.3) is 5.92 Å². The van der Waals surface area contributed by atoms with Gasteiger partial charge in [0.05, 0.1) is 0 Å². The maximum absolute atomic E-state index is 14.6. The van der Waals surface area contributed by atoms with Gasteiger partial charge in [0.15, 0.2) is 0 Å². The van der Waals surface area contributed by atoms with Crippen LogP contribution in [0.15, 0.2) is 0 Å². The molecule has 0 aromatic carbocycles. The first-order valence-corrected chi connectivity index (χ1v) is 7.54. The molecule has 6 heteroatoms. The van der Waals surface area contributed by atoms with Crippen LogP contribution in [0, 0.1) is 17.8 Å². The maximum Gasteiger partial charge on any atom is 0.254 e. The molecule has 19 heavy (non-hydrogen) atoms. The van der Waals surface area contributed by atoms with E-state index in [1.165, 1.54) is 0 Å². The van der Waals surface area contributed by atoms with Crippen molar-refractivity contribution in [2.45, 2.75) is 56.1 Å². The summed E-state index contributed by atoms with van der Waals surface area (Å²) in [6.07, 6.45) is 4.28. The lowest BCUT2D eigenvalue weighted by Gasteiger charge is -2.40. The normalized spacial score (nSPS) is 33.4. The van der Waals surface area contributed by atoms with Crippen molar-refractivity contribution in [2.24, 2.45) is 23.6 Å². The highest BCUT2D eigenvalue weighted by Gasteiger charge is 2.53. The van der Waals surface area contributed by atoms with Gasteiger partial charge in [-0.2, -0.15) is 12.6 Å². The predicted molar refractivity (Wildman–Crippen MR) is 72.8 cm³/mol. The summed E-state index contributed by atoms with van der Waals surface area (Å²) < 4.78 is 29.3. The summed E-state index contributed by atoms with van der Waals surface area (Å²) in [5.41, 5.74) is 2.04. The summed E-state index contributed by atoms with van der Waals surface area (Å²) in [6, 6.07) is 0. The number of carbonyl (C=O) groups excluding carboxylic acids is 1. The minimum absolute atomic E-state index is 0.0120. The third kappa shape index (κ3) is 3.05. The second kappa shape index (κ2) is 5.95. The Hall–Kier alpha value is -0.360. The molecule has 0 aromatic heterocycles. The molecule has 0 bridgehead atoms. The zero-order valence-electron chi connectivity index (χ0n) is 10.9. The number of hydrogen-bond donors (Lipinski definition) is 3. The van der Waals surface area contributed by atoms with Gasteiger partial charge in [0, 0.05) is 23.0 Å². The summed E-state index contributed by atoms with van der Waals surface area (Å²) in [7, 11) is 0. The molecular weight excluding hydrogens is 270 g/mol. The number of alkyl halides is 2. The van der Waals surface area contributed by atoms with E-state index in [-0.39, 0.29) is 5.25 Å². The average molecular weight is 292 g/mol. The van der Waals surface area contributed by atoms with Crippen LogP contribution in [0.3, 0.4) is 0 Å². The zero-order chi connectivity index (χ0) is 14.0. The van der Waals surface area contributed by atoms with Crippen molar-refractivity contribution in [3.8, 4) is 0 Å². The van der Waals surface area contributed by atoms with Gasteiger partial charge < -0.3 is 0 Å². The van der Waals surface area contributed by atoms with Gasteiger partial charge in [0.2, 0.25) is 5.91 Å². The van der Waals surface area contributed by atoms with E-state index < -0.39 is 29.6 Å². The van der Waals surface area contributed by atoms with E-state index in [0.29, 0.717) is 32.1 Å². The third-order valence-corrected chi connectivity index (χ3v) is 5.16. The van der Waals surface area contributed by atoms with E-state index in [1.807, 2.05) is 5.43 Å². The Bertz CT molecular complexity index is 335. The zero-order valence-corrected chi connectivity index (χ0v) is 11.8. The van der Waals surface area contributed by atoms with Gasteiger partial charge in [-0.1, -0.05) is 12.8 Å². The number of amides is 1. The van der Waals surface area contributed by atoms with Crippen molar-refractivity contribution >= 4 is 18.5 Å². The second-order valence-electron chi connectivity index (χ2n) is 5.84. The van der Waals surface area contributed by atoms with Gasteiger partial charge in [0.1, 0.15) is 0 Å². The van der Waals surface area contributed by atoms with E-state index in [1.54, 1.807) is 0 Å². The molecule has 2 aliphatic carbocycles. The Morgan fingerprint density at radius 2 is 1.84 bits per heavy atom. The fourth-order valence-electron chi connectivity index (χ4n) is 3.62. The van der Waals surface area contributed by atoms with Crippen molar-refractivity contribution in [1.82, 2.24) is 5.43 Å². The first kappa shape index (κ1) is 15.0. The Morgan fingerprint density at radius 1 is 1.21 bits per heavy atom. The molecule has 3 unspecified atom stereocenters. The molecule has 2 aliphatic rings. The quantitative estimate of drug-likeness (QED) is 0.324. The molecule has 2 saturated carbocycles. The lowest BCUT2D eigenvalue weighted by molar-refractivity contribution is -0.153. The van der Waals surface area contributed by atoms with Crippen LogP contribution in [0.5, 0.6) is 0 Å². The van der Waals surface area contributed by atoms with Crippen molar-refractivity contribution in [2.75, 3.05) is 0 Å². The summed E-state index contributed by atoms with van der Waals surface area (Å²) in [5.74, 6) is -0.261. The number of nitrogens with two attached hydrogens (primary N) is 1. The van der Waals surface area contributed by atoms with Crippen LogP contribution in [0.4, 0.5) is 8.78 Å². The highest BCUT2D eigenvalue weighted by molar-refractivity contribution is 7.80. The van der Waals surface area contributed by atoms with Gasteiger partial charge in [-0.15, -0.1) is 0 Å². The molecule has 2 rings (SSSR count). The molecule has 3 atom stereocenters. The van der Waals surface area contributed by atoms with Crippen molar-refractivity contribution in [3.05, 3.63) is 0 Å². The molecule has 0 radical (unpaired) electrons. The predicted octanol–water partition coefficient (Wildman–Crippen LogP) is 2.52. The molecule has 3 N–H and O–H groups in total. The van der Waals surface area contributed by atoms with E-state index in [4.69, 9.17) is 5.84 Å². The standard InChI is InChI=1S/C13H22F2N2OS/c14-13(15,8-3-1-2-4-8)11-6-5-9(19)7-10(11)12(18)17-16/h8-11,19H,1-7,16H2,(H,17,18).